The fraction of sp³-hybridized carbons (Fsp3) is 0.120. The number of hydrogen-bond acceptors (Lipinski definition) is 4. The van der Waals surface area contributed by atoms with E-state index in [-0.39, 0.29) is 17.7 Å². The van der Waals surface area contributed by atoms with Gasteiger partial charge in [-0.05, 0) is 151 Å². The molecule has 0 saturated carbocycles. The van der Waals surface area contributed by atoms with Gasteiger partial charge in [0, 0.05) is 67.9 Å². The zero-order valence-corrected chi connectivity index (χ0v) is 46.5. The van der Waals surface area contributed by atoms with E-state index in [0.717, 1.165) is 78.6 Å². The van der Waals surface area contributed by atoms with E-state index >= 15 is 0 Å². The van der Waals surface area contributed by atoms with E-state index in [1.807, 2.05) is 0 Å². The van der Waals surface area contributed by atoms with Gasteiger partial charge in [0.1, 0.15) is 11.2 Å². The number of hydrogen-bond donors (Lipinski definition) is 0. The van der Waals surface area contributed by atoms with E-state index in [1.54, 1.807) is 0 Å². The Bertz CT molecular complexity index is 4250. The van der Waals surface area contributed by atoms with E-state index < -0.39 is 0 Å². The molecule has 1 aromatic heterocycles. The predicted molar refractivity (Wildman–Crippen MR) is 341 cm³/mol. The molecule has 0 saturated heterocycles. The highest BCUT2D eigenvalue weighted by molar-refractivity contribution is 6.94. The fourth-order valence-corrected chi connectivity index (χ4v) is 12.5. The first-order chi connectivity index (χ1) is 38.9. The van der Waals surface area contributed by atoms with Crippen molar-refractivity contribution in [3.63, 3.8) is 0 Å². The summed E-state index contributed by atoms with van der Waals surface area (Å²) < 4.78 is 7.07. The molecule has 0 atom stereocenters. The van der Waals surface area contributed by atoms with Crippen LogP contribution in [0.25, 0.3) is 66.4 Å². The van der Waals surface area contributed by atoms with Crippen LogP contribution in [0.1, 0.15) is 58.2 Å². The lowest BCUT2D eigenvalue weighted by Crippen LogP contribution is -2.61. The monoisotopic (exact) mass is 1030 g/mol. The Kier molecular flexibility index (Phi) is 11.6. The number of anilines is 8. The van der Waals surface area contributed by atoms with Crippen LogP contribution in [0.15, 0.2) is 253 Å². The second-order valence-electron chi connectivity index (χ2n) is 23.8. The molecule has 3 heterocycles. The Labute approximate surface area is 471 Å². The van der Waals surface area contributed by atoms with Gasteiger partial charge in [-0.25, -0.2) is 0 Å². The molecule has 2 aliphatic rings. The lowest BCUT2D eigenvalue weighted by molar-refractivity contribution is 0.590. The quantitative estimate of drug-likeness (QED) is 0.142. The van der Waals surface area contributed by atoms with Gasteiger partial charge in [-0.1, -0.05) is 217 Å². The molecule has 386 valence electrons. The molecule has 0 fully saturated rings. The molecule has 80 heavy (non-hydrogen) atoms. The molecule has 0 spiro atoms. The molecular formula is C75H62BN3O. The molecule has 11 aromatic carbocycles. The summed E-state index contributed by atoms with van der Waals surface area (Å²) in [5.74, 6) is 0. The third kappa shape index (κ3) is 8.30. The lowest BCUT2D eigenvalue weighted by Gasteiger charge is -2.46. The third-order valence-corrected chi connectivity index (χ3v) is 16.7. The fourth-order valence-electron chi connectivity index (χ4n) is 12.5. The Hall–Kier alpha value is -9.32. The average Bonchev–Trinajstić information content (AvgIpc) is 3.95. The minimum absolute atomic E-state index is 0.00453. The molecule has 4 nitrogen and oxygen atoms in total. The Morgan fingerprint density at radius 1 is 0.400 bits per heavy atom. The summed E-state index contributed by atoms with van der Waals surface area (Å²) in [6.07, 6.45) is 0. The summed E-state index contributed by atoms with van der Waals surface area (Å²) in [6.45, 7) is 15.7. The topological polar surface area (TPSA) is 22.9 Å². The highest BCUT2D eigenvalue weighted by Gasteiger charge is 2.47. The summed E-state index contributed by atoms with van der Waals surface area (Å²) in [7, 11) is 0. The molecule has 14 rings (SSSR count). The van der Waals surface area contributed by atoms with Crippen LogP contribution in [-0.4, -0.2) is 6.85 Å². The number of furan rings is 1. The van der Waals surface area contributed by atoms with Crippen molar-refractivity contribution in [2.24, 2.45) is 0 Å². The van der Waals surface area contributed by atoms with Gasteiger partial charge in [-0.15, -0.1) is 0 Å². The van der Waals surface area contributed by atoms with Gasteiger partial charge < -0.3 is 19.0 Å². The molecule has 5 heteroatoms. The minimum Gasteiger partial charge on any atom is -0.456 e. The lowest BCUT2D eigenvalue weighted by atomic mass is 9.43. The van der Waals surface area contributed by atoms with Gasteiger partial charge in [0.25, 0.3) is 0 Å². The van der Waals surface area contributed by atoms with Gasteiger partial charge in [-0.3, -0.25) is 0 Å². The maximum Gasteiger partial charge on any atom is 0.333 e. The zero-order valence-electron chi connectivity index (χ0n) is 46.5. The van der Waals surface area contributed by atoms with Crippen LogP contribution >= 0.6 is 0 Å². The molecule has 12 aromatic rings. The molecule has 0 amide bonds. The minimum atomic E-state index is -0.276. The van der Waals surface area contributed by atoms with Crippen LogP contribution in [0.2, 0.25) is 0 Å². The first-order valence-corrected chi connectivity index (χ1v) is 28.1. The van der Waals surface area contributed by atoms with E-state index in [2.05, 4.69) is 312 Å². The van der Waals surface area contributed by atoms with Crippen molar-refractivity contribution in [3.8, 4) is 44.5 Å². The van der Waals surface area contributed by atoms with E-state index in [9.17, 15) is 0 Å². The first-order valence-electron chi connectivity index (χ1n) is 28.1. The van der Waals surface area contributed by atoms with Crippen LogP contribution < -0.4 is 25.5 Å². The predicted octanol–water partition coefficient (Wildman–Crippen LogP) is 19.7. The number of fused-ring (bicyclic) bond motifs is 8. The van der Waals surface area contributed by atoms with Crippen molar-refractivity contribution in [1.82, 2.24) is 0 Å². The molecular weight excluding hydrogens is 970 g/mol. The summed E-state index contributed by atoms with van der Waals surface area (Å²) in [5, 5.41) is 2.23. The number of rotatable bonds is 8. The second kappa shape index (κ2) is 19.0. The highest BCUT2D eigenvalue weighted by atomic mass is 16.3. The average molecular weight is 1030 g/mol. The van der Waals surface area contributed by atoms with E-state index in [4.69, 9.17) is 4.42 Å². The first kappa shape index (κ1) is 49.0. The van der Waals surface area contributed by atoms with Gasteiger partial charge >= 0.3 is 6.85 Å². The normalized spacial score (nSPS) is 12.9. The summed E-state index contributed by atoms with van der Waals surface area (Å²) in [5.41, 5.74) is 26.2. The third-order valence-electron chi connectivity index (χ3n) is 16.7. The van der Waals surface area contributed by atoms with Crippen molar-refractivity contribution in [1.29, 1.82) is 0 Å². The van der Waals surface area contributed by atoms with Crippen molar-refractivity contribution in [2.75, 3.05) is 14.6 Å². The van der Waals surface area contributed by atoms with E-state index in [0.29, 0.717) is 0 Å². The molecule has 2 aliphatic heterocycles. The molecule has 0 unspecified atom stereocenters. The molecule has 0 aliphatic carbocycles. The SMILES string of the molecule is Cc1ccc(-c2ccccc2)cc1N1c2ccc(-c3ccccc3)cc2B2c3c1cc1oc4ccccc4c1c3-c1ccc(N(c3ccc(C(C)(C)C)cc3)c3ccc(C(C)(C)C)cc3)cc1N2c1ccc(-c2ccccc2)cc1. The molecule has 0 N–H and O–H groups in total. The van der Waals surface area contributed by atoms with Crippen molar-refractivity contribution >= 4 is 85.2 Å². The van der Waals surface area contributed by atoms with E-state index in [1.165, 1.54) is 61.0 Å². The molecule has 0 bridgehead atoms. The van der Waals surface area contributed by atoms with Crippen LogP contribution in [0.4, 0.5) is 45.5 Å². The Morgan fingerprint density at radius 2 is 0.912 bits per heavy atom. The number of para-hydroxylation sites is 1. The van der Waals surface area contributed by atoms with Crippen LogP contribution in [-0.2, 0) is 10.8 Å². The Morgan fingerprint density at radius 3 is 1.51 bits per heavy atom. The largest absolute Gasteiger partial charge is 0.456 e. The van der Waals surface area contributed by atoms with Crippen LogP contribution in [0.5, 0.6) is 0 Å². The maximum atomic E-state index is 7.07. The van der Waals surface area contributed by atoms with Crippen molar-refractivity contribution in [2.45, 2.75) is 59.3 Å². The van der Waals surface area contributed by atoms with Gasteiger partial charge in [-0.2, -0.15) is 0 Å². The highest BCUT2D eigenvalue weighted by Crippen LogP contribution is 2.53. The number of benzene rings is 11. The smallest absolute Gasteiger partial charge is 0.333 e. The van der Waals surface area contributed by atoms with Gasteiger partial charge in [0.2, 0.25) is 0 Å². The van der Waals surface area contributed by atoms with Crippen molar-refractivity contribution in [3.05, 3.63) is 265 Å². The zero-order chi connectivity index (χ0) is 54.4. The summed E-state index contributed by atoms with van der Waals surface area (Å²) in [6, 6.07) is 92.2. The summed E-state index contributed by atoms with van der Waals surface area (Å²) in [4.78, 5) is 7.63. The maximum absolute atomic E-state index is 7.07. The Balaban J connectivity index is 1.09. The van der Waals surface area contributed by atoms with Crippen molar-refractivity contribution < 1.29 is 4.42 Å². The molecule has 0 radical (unpaired) electrons. The number of aryl methyl sites for hydroxylation is 1. The van der Waals surface area contributed by atoms with Gasteiger partial charge in [0.15, 0.2) is 0 Å². The second-order valence-corrected chi connectivity index (χ2v) is 23.8. The van der Waals surface area contributed by atoms with Crippen LogP contribution in [0.3, 0.4) is 0 Å². The van der Waals surface area contributed by atoms with Gasteiger partial charge in [0.05, 0.1) is 0 Å². The van der Waals surface area contributed by atoms with Crippen LogP contribution in [0, 0.1) is 6.92 Å². The number of nitrogens with zero attached hydrogens (tertiary/aromatic N) is 3. The standard InChI is InChI=1S/C75H62BN3O/c1-49-27-28-55(52-23-15-10-16-24-52)46-66(49)78-65-44-31-54(51-21-13-9-14-22-51)45-64(65)76-73-68(78)48-70-71(63-25-17-18-26-69(63)80-70)72(73)62-43-42-61(47-67(62)79(76)60-36-29-53(30-37-60)50-19-11-8-12-20-50)77(58-38-32-56(33-39-58)74(2,3)4)59-40-34-57(35-41-59)75(5,6)7/h8-48H,1-7H3. The summed E-state index contributed by atoms with van der Waals surface area (Å²) >= 11 is 0.